The first-order chi connectivity index (χ1) is 7.44. The number of hydrogen-bond donors (Lipinski definition) is 2. The summed E-state index contributed by atoms with van der Waals surface area (Å²) >= 11 is 0. The van der Waals surface area contributed by atoms with E-state index in [1.54, 1.807) is 6.07 Å². The molecule has 3 N–H and O–H groups in total. The van der Waals surface area contributed by atoms with Crippen LogP contribution < -0.4 is 11.1 Å². The molecule has 0 aliphatic rings. The van der Waals surface area contributed by atoms with Crippen molar-refractivity contribution in [3.63, 3.8) is 0 Å². The van der Waals surface area contributed by atoms with E-state index in [9.17, 15) is 13.2 Å². The number of benzene rings is 1. The molecule has 0 spiro atoms. The highest BCUT2D eigenvalue weighted by molar-refractivity contribution is 5.72. The van der Waals surface area contributed by atoms with Crippen LogP contribution >= 0.6 is 0 Å². The molecule has 86 valence electrons. The third-order valence-corrected chi connectivity index (χ3v) is 1.95. The maximum absolute atomic E-state index is 11.9. The van der Waals surface area contributed by atoms with E-state index in [4.69, 9.17) is 11.0 Å². The molecule has 0 unspecified atom stereocenters. The van der Waals surface area contributed by atoms with Crippen molar-refractivity contribution in [1.29, 1.82) is 5.26 Å². The maximum Gasteiger partial charge on any atom is 0.390 e. The van der Waals surface area contributed by atoms with Crippen LogP contribution in [0.2, 0.25) is 0 Å². The molecule has 0 amide bonds. The lowest BCUT2D eigenvalue weighted by Gasteiger charge is -2.11. The minimum Gasteiger partial charge on any atom is -0.396 e. The molecule has 0 aliphatic carbocycles. The first-order valence-corrected chi connectivity index (χ1v) is 4.53. The van der Waals surface area contributed by atoms with Crippen LogP contribution in [-0.4, -0.2) is 12.7 Å². The number of alkyl halides is 3. The first kappa shape index (κ1) is 12.2. The van der Waals surface area contributed by atoms with Crippen molar-refractivity contribution < 1.29 is 13.2 Å². The van der Waals surface area contributed by atoms with Crippen molar-refractivity contribution in [2.24, 2.45) is 0 Å². The first-order valence-electron chi connectivity index (χ1n) is 4.53. The Hall–Kier alpha value is -1.90. The third-order valence-electron chi connectivity index (χ3n) is 1.95. The van der Waals surface area contributed by atoms with E-state index in [0.717, 1.165) is 0 Å². The van der Waals surface area contributed by atoms with Crippen LogP contribution in [-0.2, 0) is 0 Å². The number of nitrogen functional groups attached to an aromatic ring is 1. The summed E-state index contributed by atoms with van der Waals surface area (Å²) in [6, 6.07) is 6.45. The van der Waals surface area contributed by atoms with Gasteiger partial charge < -0.3 is 11.1 Å². The molecule has 0 saturated heterocycles. The number of hydrogen-bond acceptors (Lipinski definition) is 3. The van der Waals surface area contributed by atoms with E-state index < -0.39 is 12.6 Å². The number of halogens is 3. The van der Waals surface area contributed by atoms with Gasteiger partial charge in [0, 0.05) is 6.54 Å². The van der Waals surface area contributed by atoms with Gasteiger partial charge in [-0.1, -0.05) is 6.07 Å². The Morgan fingerprint density at radius 3 is 2.62 bits per heavy atom. The van der Waals surface area contributed by atoms with Crippen LogP contribution in [0.3, 0.4) is 0 Å². The van der Waals surface area contributed by atoms with Gasteiger partial charge in [0.25, 0.3) is 0 Å². The zero-order valence-corrected chi connectivity index (χ0v) is 8.30. The van der Waals surface area contributed by atoms with Gasteiger partial charge in [-0.25, -0.2) is 0 Å². The van der Waals surface area contributed by atoms with Gasteiger partial charge in [0.15, 0.2) is 0 Å². The highest BCUT2D eigenvalue weighted by Gasteiger charge is 2.26. The Bertz CT molecular complexity index is 407. The quantitative estimate of drug-likeness (QED) is 0.783. The fourth-order valence-electron chi connectivity index (χ4n) is 1.16. The van der Waals surface area contributed by atoms with Gasteiger partial charge in [0.1, 0.15) is 6.07 Å². The Morgan fingerprint density at radius 1 is 1.38 bits per heavy atom. The minimum absolute atomic E-state index is 0.173. The van der Waals surface area contributed by atoms with Crippen molar-refractivity contribution >= 4 is 11.4 Å². The summed E-state index contributed by atoms with van der Waals surface area (Å²) in [6.07, 6.45) is -5.14. The second kappa shape index (κ2) is 4.75. The average molecular weight is 229 g/mol. The van der Waals surface area contributed by atoms with Gasteiger partial charge in [-0.3, -0.25) is 0 Å². The largest absolute Gasteiger partial charge is 0.396 e. The molecular formula is C10H10F3N3. The summed E-state index contributed by atoms with van der Waals surface area (Å²) in [5, 5.41) is 11.2. The molecule has 0 aliphatic heterocycles. The number of nitrogens with two attached hydrogens (primary N) is 1. The molecule has 0 aromatic heterocycles. The second-order valence-electron chi connectivity index (χ2n) is 3.17. The molecule has 0 saturated carbocycles. The Morgan fingerprint density at radius 2 is 2.06 bits per heavy atom. The second-order valence-corrected chi connectivity index (χ2v) is 3.17. The number of rotatable bonds is 3. The lowest BCUT2D eigenvalue weighted by Crippen LogP contribution is -2.15. The molecule has 3 nitrogen and oxygen atoms in total. The number of anilines is 2. The smallest absolute Gasteiger partial charge is 0.390 e. The predicted octanol–water partition coefficient (Wildman–Crippen LogP) is 2.50. The number of nitrogens with zero attached hydrogens (tertiary/aromatic N) is 1. The Kier molecular flexibility index (Phi) is 3.61. The molecule has 1 rings (SSSR count). The van der Waals surface area contributed by atoms with E-state index in [1.165, 1.54) is 12.1 Å². The number of nitrogens with one attached hydrogen (secondary N) is 1. The van der Waals surface area contributed by atoms with Gasteiger partial charge in [0.2, 0.25) is 0 Å². The normalized spacial score (nSPS) is 10.9. The number of nitriles is 1. The fourth-order valence-corrected chi connectivity index (χ4v) is 1.16. The molecule has 1 aromatic rings. The van der Waals surface area contributed by atoms with Gasteiger partial charge in [-0.05, 0) is 12.1 Å². The van der Waals surface area contributed by atoms with Gasteiger partial charge in [-0.15, -0.1) is 0 Å². The molecule has 0 bridgehead atoms. The Labute approximate surface area is 90.7 Å². The third kappa shape index (κ3) is 3.35. The van der Waals surface area contributed by atoms with E-state index >= 15 is 0 Å². The molecule has 0 atom stereocenters. The van der Waals surface area contributed by atoms with Crippen LogP contribution in [0, 0.1) is 11.3 Å². The summed E-state index contributed by atoms with van der Waals surface area (Å²) in [7, 11) is 0. The zero-order chi connectivity index (χ0) is 12.2. The summed E-state index contributed by atoms with van der Waals surface area (Å²) in [6.45, 7) is -0.261. The van der Waals surface area contributed by atoms with Crippen molar-refractivity contribution in [2.75, 3.05) is 17.6 Å². The molecule has 1 aromatic carbocycles. The average Bonchev–Trinajstić information content (AvgIpc) is 2.19. The van der Waals surface area contributed by atoms with Crippen LogP contribution in [0.5, 0.6) is 0 Å². The van der Waals surface area contributed by atoms with Crippen LogP contribution in [0.4, 0.5) is 24.5 Å². The SMILES string of the molecule is N#Cc1cccc(NCCC(F)(F)F)c1N. The van der Waals surface area contributed by atoms with Crippen LogP contribution in [0.1, 0.15) is 12.0 Å². The summed E-state index contributed by atoms with van der Waals surface area (Å²) < 4.78 is 35.6. The molecule has 6 heteroatoms. The van der Waals surface area contributed by atoms with E-state index in [0.29, 0.717) is 5.69 Å². The molecular weight excluding hydrogens is 219 g/mol. The van der Waals surface area contributed by atoms with E-state index in [-0.39, 0.29) is 17.8 Å². The van der Waals surface area contributed by atoms with E-state index in [1.807, 2.05) is 6.07 Å². The molecule has 0 fully saturated rings. The zero-order valence-electron chi connectivity index (χ0n) is 8.30. The highest BCUT2D eigenvalue weighted by Crippen LogP contribution is 2.24. The monoisotopic (exact) mass is 229 g/mol. The lowest BCUT2D eigenvalue weighted by atomic mass is 10.1. The maximum atomic E-state index is 11.9. The van der Waals surface area contributed by atoms with Crippen molar-refractivity contribution in [1.82, 2.24) is 0 Å². The van der Waals surface area contributed by atoms with Gasteiger partial charge >= 0.3 is 6.18 Å². The lowest BCUT2D eigenvalue weighted by molar-refractivity contribution is -0.131. The fraction of sp³-hybridized carbons (Fsp3) is 0.300. The topological polar surface area (TPSA) is 61.8 Å². The minimum atomic E-state index is -4.20. The molecule has 0 heterocycles. The molecule has 16 heavy (non-hydrogen) atoms. The standard InChI is InChI=1S/C10H10F3N3/c11-10(12,13)4-5-16-8-3-1-2-7(6-14)9(8)15/h1-3,16H,4-5,15H2. The molecule has 0 radical (unpaired) electrons. The van der Waals surface area contributed by atoms with Gasteiger partial charge in [0.05, 0.1) is 23.4 Å². The highest BCUT2D eigenvalue weighted by atomic mass is 19.4. The van der Waals surface area contributed by atoms with Crippen molar-refractivity contribution in [3.8, 4) is 6.07 Å². The number of para-hydroxylation sites is 1. The Balaban J connectivity index is 2.65. The van der Waals surface area contributed by atoms with Crippen molar-refractivity contribution in [3.05, 3.63) is 23.8 Å². The summed E-state index contributed by atoms with van der Waals surface area (Å²) in [5.41, 5.74) is 6.35. The van der Waals surface area contributed by atoms with Crippen molar-refractivity contribution in [2.45, 2.75) is 12.6 Å². The summed E-state index contributed by atoms with van der Waals surface area (Å²) in [5.74, 6) is 0. The van der Waals surface area contributed by atoms with Crippen LogP contribution in [0.15, 0.2) is 18.2 Å². The van der Waals surface area contributed by atoms with Gasteiger partial charge in [-0.2, -0.15) is 18.4 Å². The predicted molar refractivity (Wildman–Crippen MR) is 54.7 cm³/mol. The van der Waals surface area contributed by atoms with Crippen LogP contribution in [0.25, 0.3) is 0 Å². The summed E-state index contributed by atoms with van der Waals surface area (Å²) in [4.78, 5) is 0. The van der Waals surface area contributed by atoms with E-state index in [2.05, 4.69) is 5.32 Å².